The lowest BCUT2D eigenvalue weighted by Gasteiger charge is -1.90. The highest BCUT2D eigenvalue weighted by Crippen LogP contribution is 1.93. The standard InChI is InChI=1S/C5H11/c1-4-5(2)3/h5H,2,4H2,1,3H3. The van der Waals surface area contributed by atoms with Gasteiger partial charge in [-0.1, -0.05) is 27.2 Å². The maximum absolute atomic E-state index is 3.76. The first-order valence-electron chi connectivity index (χ1n) is 2.10. The molecule has 0 fully saturated rings. The Morgan fingerprint density at radius 2 is 2.00 bits per heavy atom. The summed E-state index contributed by atoms with van der Waals surface area (Å²) in [5.41, 5.74) is 0. The van der Waals surface area contributed by atoms with Gasteiger partial charge in [0.15, 0.2) is 0 Å². The van der Waals surface area contributed by atoms with Crippen molar-refractivity contribution in [3.8, 4) is 0 Å². The summed E-state index contributed by atoms with van der Waals surface area (Å²) in [5.74, 6) is 0.634. The average molecular weight is 71.1 g/mol. The lowest BCUT2D eigenvalue weighted by Crippen LogP contribution is -1.77. The van der Waals surface area contributed by atoms with Gasteiger partial charge in [0.05, 0.1) is 0 Å². The highest BCUT2D eigenvalue weighted by Gasteiger charge is 1.80. The largest absolute Gasteiger partial charge is 0.0651 e. The third kappa shape index (κ3) is 4.00. The molecule has 0 rings (SSSR count). The van der Waals surface area contributed by atoms with Crippen molar-refractivity contribution in [2.45, 2.75) is 20.3 Å². The first-order chi connectivity index (χ1) is 2.27. The molecule has 0 spiro atoms. The molecule has 0 heteroatoms. The van der Waals surface area contributed by atoms with Crippen LogP contribution >= 0.6 is 0 Å². The average Bonchev–Trinajstić information content (AvgIpc) is 1.38. The van der Waals surface area contributed by atoms with Crippen molar-refractivity contribution in [3.05, 3.63) is 6.92 Å². The molecule has 0 saturated heterocycles. The van der Waals surface area contributed by atoms with Gasteiger partial charge in [-0.25, -0.2) is 0 Å². The van der Waals surface area contributed by atoms with Crippen LogP contribution in [0.1, 0.15) is 20.3 Å². The maximum Gasteiger partial charge on any atom is -0.0445 e. The summed E-state index contributed by atoms with van der Waals surface area (Å²) in [7, 11) is 0. The van der Waals surface area contributed by atoms with E-state index in [1.54, 1.807) is 0 Å². The Bertz CT molecular complexity index is 14.0. The summed E-state index contributed by atoms with van der Waals surface area (Å²) in [4.78, 5) is 0. The first kappa shape index (κ1) is 5.00. The summed E-state index contributed by atoms with van der Waals surface area (Å²) in [6, 6.07) is 0. The Balaban J connectivity index is 2.54. The van der Waals surface area contributed by atoms with Gasteiger partial charge in [-0.3, -0.25) is 0 Å². The van der Waals surface area contributed by atoms with Gasteiger partial charge in [-0.05, 0) is 5.92 Å². The normalized spacial score (nSPS) is 9.60. The lowest BCUT2D eigenvalue weighted by molar-refractivity contribution is 0.694. The van der Waals surface area contributed by atoms with E-state index in [-0.39, 0.29) is 0 Å². The summed E-state index contributed by atoms with van der Waals surface area (Å²) < 4.78 is 0. The molecule has 1 radical (unpaired) electrons. The summed E-state index contributed by atoms with van der Waals surface area (Å²) in [6.45, 7) is 8.00. The highest BCUT2D eigenvalue weighted by molar-refractivity contribution is 4.46. The Labute approximate surface area is 34.2 Å². The van der Waals surface area contributed by atoms with Crippen LogP contribution in [0.5, 0.6) is 0 Å². The van der Waals surface area contributed by atoms with Crippen LogP contribution in [0.2, 0.25) is 0 Å². The minimum absolute atomic E-state index is 0.634. The highest BCUT2D eigenvalue weighted by atomic mass is 13.9. The van der Waals surface area contributed by atoms with E-state index < -0.39 is 0 Å². The topological polar surface area (TPSA) is 0 Å². The van der Waals surface area contributed by atoms with Crippen LogP contribution in [-0.2, 0) is 0 Å². The minimum Gasteiger partial charge on any atom is -0.0651 e. The number of hydrogen-bond donors (Lipinski definition) is 0. The summed E-state index contributed by atoms with van der Waals surface area (Å²) in [5, 5.41) is 0. The molecular formula is C5H11. The molecule has 0 N–H and O–H groups in total. The molecule has 0 aliphatic carbocycles. The Morgan fingerprint density at radius 3 is 2.00 bits per heavy atom. The van der Waals surface area contributed by atoms with E-state index in [1.807, 2.05) is 0 Å². The Kier molecular flexibility index (Phi) is 2.25. The molecule has 0 aromatic carbocycles. The van der Waals surface area contributed by atoms with Gasteiger partial charge in [-0.2, -0.15) is 0 Å². The van der Waals surface area contributed by atoms with Crippen LogP contribution in [0, 0.1) is 12.8 Å². The quantitative estimate of drug-likeness (QED) is 0.442. The zero-order chi connectivity index (χ0) is 4.28. The fourth-order valence-electron chi connectivity index (χ4n) is 0. The summed E-state index contributed by atoms with van der Waals surface area (Å²) >= 11 is 0. The van der Waals surface area contributed by atoms with E-state index in [1.165, 1.54) is 6.42 Å². The van der Waals surface area contributed by atoms with E-state index in [0.29, 0.717) is 5.92 Å². The molecule has 0 heterocycles. The molecule has 0 amide bonds. The van der Waals surface area contributed by atoms with Crippen molar-refractivity contribution in [2.75, 3.05) is 0 Å². The molecule has 31 valence electrons. The molecule has 0 aliphatic rings. The Morgan fingerprint density at radius 1 is 1.80 bits per heavy atom. The van der Waals surface area contributed by atoms with Crippen LogP contribution < -0.4 is 0 Å². The smallest absolute Gasteiger partial charge is 0.0445 e. The second kappa shape index (κ2) is 2.25. The second-order valence-corrected chi connectivity index (χ2v) is 1.51. The van der Waals surface area contributed by atoms with Crippen molar-refractivity contribution in [1.29, 1.82) is 0 Å². The SMILES string of the molecule is [CH2]C(C)CC. The Hall–Kier alpha value is 0. The van der Waals surface area contributed by atoms with Crippen molar-refractivity contribution >= 4 is 0 Å². The first-order valence-corrected chi connectivity index (χ1v) is 2.10. The zero-order valence-corrected chi connectivity index (χ0v) is 3.99. The molecule has 0 aliphatic heterocycles. The predicted octanol–water partition coefficient (Wildman–Crippen LogP) is 1.87. The fraction of sp³-hybridized carbons (Fsp3) is 0.800. The van der Waals surface area contributed by atoms with E-state index in [9.17, 15) is 0 Å². The maximum atomic E-state index is 3.76. The van der Waals surface area contributed by atoms with Gasteiger partial charge >= 0.3 is 0 Å². The van der Waals surface area contributed by atoms with Crippen molar-refractivity contribution < 1.29 is 0 Å². The third-order valence-electron chi connectivity index (χ3n) is 0.697. The van der Waals surface area contributed by atoms with Crippen LogP contribution in [0.3, 0.4) is 0 Å². The minimum atomic E-state index is 0.634. The van der Waals surface area contributed by atoms with Crippen LogP contribution in [-0.4, -0.2) is 0 Å². The van der Waals surface area contributed by atoms with E-state index in [2.05, 4.69) is 20.8 Å². The van der Waals surface area contributed by atoms with Gasteiger partial charge in [0.25, 0.3) is 0 Å². The summed E-state index contributed by atoms with van der Waals surface area (Å²) in [6.07, 6.45) is 1.19. The van der Waals surface area contributed by atoms with Gasteiger partial charge in [0.2, 0.25) is 0 Å². The second-order valence-electron chi connectivity index (χ2n) is 1.51. The monoisotopic (exact) mass is 71.1 g/mol. The number of hydrogen-bond acceptors (Lipinski definition) is 0. The van der Waals surface area contributed by atoms with Crippen molar-refractivity contribution in [2.24, 2.45) is 5.92 Å². The van der Waals surface area contributed by atoms with Crippen LogP contribution in [0.15, 0.2) is 0 Å². The van der Waals surface area contributed by atoms with Gasteiger partial charge in [0, 0.05) is 0 Å². The van der Waals surface area contributed by atoms with E-state index in [4.69, 9.17) is 0 Å². The predicted molar refractivity (Wildman–Crippen MR) is 24.8 cm³/mol. The van der Waals surface area contributed by atoms with Crippen LogP contribution in [0.4, 0.5) is 0 Å². The molecule has 1 atom stereocenters. The van der Waals surface area contributed by atoms with Crippen molar-refractivity contribution in [3.63, 3.8) is 0 Å². The van der Waals surface area contributed by atoms with Gasteiger partial charge in [-0.15, -0.1) is 0 Å². The third-order valence-corrected chi connectivity index (χ3v) is 0.697. The zero-order valence-electron chi connectivity index (χ0n) is 3.99. The van der Waals surface area contributed by atoms with Gasteiger partial charge < -0.3 is 0 Å². The lowest BCUT2D eigenvalue weighted by atomic mass is 10.2. The molecular weight excluding hydrogens is 60.1 g/mol. The fourth-order valence-corrected chi connectivity index (χ4v) is 0. The molecule has 0 bridgehead atoms. The van der Waals surface area contributed by atoms with Gasteiger partial charge in [0.1, 0.15) is 0 Å². The molecule has 0 aromatic heterocycles. The molecule has 0 nitrogen and oxygen atoms in total. The van der Waals surface area contributed by atoms with E-state index >= 15 is 0 Å². The number of rotatable bonds is 1. The molecule has 0 saturated carbocycles. The van der Waals surface area contributed by atoms with E-state index in [0.717, 1.165) is 0 Å². The molecule has 1 unspecified atom stereocenters. The van der Waals surface area contributed by atoms with Crippen LogP contribution in [0.25, 0.3) is 0 Å². The molecule has 5 heavy (non-hydrogen) atoms. The molecule has 0 aromatic rings. The van der Waals surface area contributed by atoms with Crippen molar-refractivity contribution in [1.82, 2.24) is 0 Å².